The number of hydrogen-bond acceptors (Lipinski definition) is 6. The van der Waals surface area contributed by atoms with E-state index in [2.05, 4.69) is 27.7 Å². The van der Waals surface area contributed by atoms with E-state index in [1.165, 1.54) is 212 Å². The highest BCUT2D eigenvalue weighted by Gasteiger charge is 2.19. The molecule has 1 atom stereocenters. The first-order chi connectivity index (χ1) is 30.4. The van der Waals surface area contributed by atoms with Crippen molar-refractivity contribution >= 4 is 17.9 Å². The number of carbonyl (C=O) groups is 3. The van der Waals surface area contributed by atoms with Gasteiger partial charge in [-0.15, -0.1) is 0 Å². The van der Waals surface area contributed by atoms with Crippen LogP contribution in [-0.4, -0.2) is 37.2 Å². The minimum absolute atomic E-state index is 0.0622. The van der Waals surface area contributed by atoms with Gasteiger partial charge in [-0.25, -0.2) is 0 Å². The summed E-state index contributed by atoms with van der Waals surface area (Å²) in [7, 11) is 0. The molecule has 368 valence electrons. The summed E-state index contributed by atoms with van der Waals surface area (Å²) in [4.78, 5) is 38.1. The van der Waals surface area contributed by atoms with Crippen molar-refractivity contribution in [3.63, 3.8) is 0 Å². The SMILES string of the molecule is CCCCCCCCCCCCCCCCCCC(=O)OC[C@H](COC(=O)CCCCCCCCCCCCC(C)C)OC(=O)CCCCCCCCCCCCCCCCC. The van der Waals surface area contributed by atoms with Gasteiger partial charge in [0.1, 0.15) is 13.2 Å². The largest absolute Gasteiger partial charge is 0.462 e. The van der Waals surface area contributed by atoms with Crippen molar-refractivity contribution in [1.29, 1.82) is 0 Å². The molecule has 0 aromatic carbocycles. The zero-order valence-electron chi connectivity index (χ0n) is 42.3. The van der Waals surface area contributed by atoms with E-state index in [4.69, 9.17) is 14.2 Å². The second-order valence-corrected chi connectivity index (χ2v) is 19.7. The number of ether oxygens (including phenoxy) is 3. The van der Waals surface area contributed by atoms with E-state index >= 15 is 0 Å². The zero-order valence-corrected chi connectivity index (χ0v) is 42.3. The Morgan fingerprint density at radius 3 is 0.790 bits per heavy atom. The molecule has 0 aliphatic carbocycles. The highest BCUT2D eigenvalue weighted by Crippen LogP contribution is 2.18. The van der Waals surface area contributed by atoms with Gasteiger partial charge in [-0.2, -0.15) is 0 Å². The molecule has 0 saturated carbocycles. The average Bonchev–Trinajstić information content (AvgIpc) is 3.26. The monoisotopic (exact) mass is 877 g/mol. The van der Waals surface area contributed by atoms with Gasteiger partial charge in [-0.1, -0.05) is 278 Å². The van der Waals surface area contributed by atoms with Crippen molar-refractivity contribution in [3.8, 4) is 0 Å². The number of unbranched alkanes of at least 4 members (excludes halogenated alkanes) is 38. The second-order valence-electron chi connectivity index (χ2n) is 19.7. The standard InChI is InChI=1S/C56H108O6/c1-5-7-9-11-13-15-17-19-21-23-24-26-31-35-39-43-47-54(57)60-50-53(51-61-55(58)48-44-40-36-32-29-28-30-34-38-42-46-52(3)4)62-56(59)49-45-41-37-33-27-25-22-20-18-16-14-12-10-8-6-2/h52-53H,5-51H2,1-4H3/t53-/m1/s1. The van der Waals surface area contributed by atoms with Gasteiger partial charge in [-0.05, 0) is 25.2 Å². The minimum atomic E-state index is -0.761. The summed E-state index contributed by atoms with van der Waals surface area (Å²) in [6, 6.07) is 0. The molecule has 0 bridgehead atoms. The number of hydrogen-bond donors (Lipinski definition) is 0. The highest BCUT2D eigenvalue weighted by atomic mass is 16.6. The Kier molecular flexibility index (Phi) is 49.1. The zero-order chi connectivity index (χ0) is 45.2. The van der Waals surface area contributed by atoms with Gasteiger partial charge in [0.2, 0.25) is 0 Å². The number of carbonyl (C=O) groups excluding carboxylic acids is 3. The Morgan fingerprint density at radius 1 is 0.306 bits per heavy atom. The van der Waals surface area contributed by atoms with Crippen LogP contribution >= 0.6 is 0 Å². The van der Waals surface area contributed by atoms with Crippen LogP contribution in [0.15, 0.2) is 0 Å². The maximum Gasteiger partial charge on any atom is 0.306 e. The summed E-state index contributed by atoms with van der Waals surface area (Å²) in [5.41, 5.74) is 0. The predicted molar refractivity (Wildman–Crippen MR) is 266 cm³/mol. The van der Waals surface area contributed by atoms with Crippen LogP contribution < -0.4 is 0 Å². The van der Waals surface area contributed by atoms with Crippen LogP contribution in [0.1, 0.15) is 317 Å². The van der Waals surface area contributed by atoms with Crippen molar-refractivity contribution in [2.45, 2.75) is 323 Å². The van der Waals surface area contributed by atoms with E-state index in [0.717, 1.165) is 63.7 Å². The molecule has 62 heavy (non-hydrogen) atoms. The van der Waals surface area contributed by atoms with Crippen LogP contribution in [0.2, 0.25) is 0 Å². The van der Waals surface area contributed by atoms with Gasteiger partial charge in [0.25, 0.3) is 0 Å². The molecule has 0 unspecified atom stereocenters. The molecule has 0 spiro atoms. The van der Waals surface area contributed by atoms with Gasteiger partial charge in [0, 0.05) is 19.3 Å². The maximum absolute atomic E-state index is 12.8. The van der Waals surface area contributed by atoms with E-state index in [1.54, 1.807) is 0 Å². The van der Waals surface area contributed by atoms with Crippen LogP contribution in [0.4, 0.5) is 0 Å². The lowest BCUT2D eigenvalue weighted by molar-refractivity contribution is -0.167. The molecule has 0 radical (unpaired) electrons. The summed E-state index contributed by atoms with van der Waals surface area (Å²) < 4.78 is 16.9. The van der Waals surface area contributed by atoms with Crippen LogP contribution in [0.3, 0.4) is 0 Å². The Bertz CT molecular complexity index is 933. The Morgan fingerprint density at radius 2 is 0.532 bits per heavy atom. The highest BCUT2D eigenvalue weighted by molar-refractivity contribution is 5.71. The number of rotatable bonds is 51. The molecule has 0 amide bonds. The van der Waals surface area contributed by atoms with E-state index in [1.807, 2.05) is 0 Å². The third-order valence-corrected chi connectivity index (χ3v) is 12.8. The molecule has 0 aromatic rings. The number of esters is 3. The summed E-state index contributed by atoms with van der Waals surface area (Å²) in [6.45, 7) is 9.04. The fraction of sp³-hybridized carbons (Fsp3) is 0.946. The van der Waals surface area contributed by atoms with E-state index < -0.39 is 6.10 Å². The van der Waals surface area contributed by atoms with Crippen LogP contribution in [0.5, 0.6) is 0 Å². The van der Waals surface area contributed by atoms with E-state index in [0.29, 0.717) is 19.3 Å². The Labute approximate surface area is 387 Å². The topological polar surface area (TPSA) is 78.9 Å². The van der Waals surface area contributed by atoms with E-state index in [-0.39, 0.29) is 31.1 Å². The molecular weight excluding hydrogens is 769 g/mol. The molecule has 0 saturated heterocycles. The smallest absolute Gasteiger partial charge is 0.306 e. The lowest BCUT2D eigenvalue weighted by atomic mass is 10.0. The first-order valence-electron chi connectivity index (χ1n) is 27.9. The average molecular weight is 877 g/mol. The molecule has 0 fully saturated rings. The van der Waals surface area contributed by atoms with Gasteiger partial charge < -0.3 is 14.2 Å². The van der Waals surface area contributed by atoms with Crippen molar-refractivity contribution in [1.82, 2.24) is 0 Å². The van der Waals surface area contributed by atoms with Crippen molar-refractivity contribution in [3.05, 3.63) is 0 Å². The molecule has 0 N–H and O–H groups in total. The summed E-state index contributed by atoms with van der Waals surface area (Å²) in [6.07, 6.45) is 53.7. The van der Waals surface area contributed by atoms with E-state index in [9.17, 15) is 14.4 Å². The first kappa shape index (κ1) is 60.4. The lowest BCUT2D eigenvalue weighted by Crippen LogP contribution is -2.30. The fourth-order valence-corrected chi connectivity index (χ4v) is 8.57. The molecule has 6 heteroatoms. The third kappa shape index (κ3) is 49.4. The molecular formula is C56H108O6. The van der Waals surface area contributed by atoms with Gasteiger partial charge in [0.15, 0.2) is 6.10 Å². The van der Waals surface area contributed by atoms with Gasteiger partial charge in [0.05, 0.1) is 0 Å². The molecule has 0 aliphatic heterocycles. The normalized spacial score (nSPS) is 12.0. The minimum Gasteiger partial charge on any atom is -0.462 e. The molecule has 0 aliphatic rings. The Hall–Kier alpha value is -1.59. The second kappa shape index (κ2) is 50.4. The van der Waals surface area contributed by atoms with Crippen molar-refractivity contribution in [2.24, 2.45) is 5.92 Å². The first-order valence-corrected chi connectivity index (χ1v) is 27.9. The molecule has 6 nitrogen and oxygen atoms in total. The summed E-state index contributed by atoms with van der Waals surface area (Å²) >= 11 is 0. The van der Waals surface area contributed by atoms with Crippen LogP contribution in [0, 0.1) is 5.92 Å². The third-order valence-electron chi connectivity index (χ3n) is 12.8. The fourth-order valence-electron chi connectivity index (χ4n) is 8.57. The molecule has 0 heterocycles. The van der Waals surface area contributed by atoms with Crippen LogP contribution in [-0.2, 0) is 28.6 Å². The maximum atomic E-state index is 12.8. The summed E-state index contributed by atoms with van der Waals surface area (Å²) in [5, 5.41) is 0. The van der Waals surface area contributed by atoms with Crippen molar-refractivity contribution < 1.29 is 28.6 Å². The molecule has 0 aromatic heterocycles. The predicted octanol–water partition coefficient (Wildman–Crippen LogP) is 18.2. The molecule has 0 rings (SSSR count). The van der Waals surface area contributed by atoms with Crippen molar-refractivity contribution in [2.75, 3.05) is 13.2 Å². The lowest BCUT2D eigenvalue weighted by Gasteiger charge is -2.18. The van der Waals surface area contributed by atoms with Gasteiger partial charge in [-0.3, -0.25) is 14.4 Å². The Balaban J connectivity index is 4.30. The quantitative estimate of drug-likeness (QED) is 0.0344. The van der Waals surface area contributed by atoms with Crippen LogP contribution in [0.25, 0.3) is 0 Å². The van der Waals surface area contributed by atoms with Gasteiger partial charge >= 0.3 is 17.9 Å². The summed E-state index contributed by atoms with van der Waals surface area (Å²) in [5.74, 6) is -0.0200.